The van der Waals surface area contributed by atoms with Crippen molar-refractivity contribution in [1.29, 1.82) is 0 Å². The first-order valence-corrected chi connectivity index (χ1v) is 5.53. The number of likely N-dealkylation sites (N-methyl/N-ethyl adjacent to an activating group) is 1. The molecular weight excluding hydrogens is 218 g/mol. The summed E-state index contributed by atoms with van der Waals surface area (Å²) in [6.45, 7) is 4.53. The van der Waals surface area contributed by atoms with E-state index in [4.69, 9.17) is 9.47 Å². The van der Waals surface area contributed by atoms with Crippen LogP contribution < -0.4 is 10.1 Å². The number of carbonyl (C=O) groups is 1. The number of carbonyl (C=O) groups excluding carboxylic acids is 1. The van der Waals surface area contributed by atoms with E-state index in [1.54, 1.807) is 14.2 Å². The number of benzene rings is 1. The van der Waals surface area contributed by atoms with Gasteiger partial charge >= 0.3 is 5.97 Å². The Bertz CT molecular complexity index is 402. The third-order valence-corrected chi connectivity index (χ3v) is 2.78. The second-order valence-electron chi connectivity index (χ2n) is 3.87. The van der Waals surface area contributed by atoms with Crippen LogP contribution in [0.3, 0.4) is 0 Å². The van der Waals surface area contributed by atoms with Crippen molar-refractivity contribution in [2.75, 3.05) is 20.7 Å². The van der Waals surface area contributed by atoms with Gasteiger partial charge in [0.05, 0.1) is 13.7 Å². The van der Waals surface area contributed by atoms with E-state index < -0.39 is 0 Å². The van der Waals surface area contributed by atoms with E-state index in [2.05, 4.69) is 5.32 Å². The van der Waals surface area contributed by atoms with Crippen molar-refractivity contribution in [2.24, 2.45) is 0 Å². The Balaban J connectivity index is 2.73. The van der Waals surface area contributed by atoms with Crippen LogP contribution in [0.4, 0.5) is 0 Å². The Kier molecular flexibility index (Phi) is 4.97. The maximum Gasteiger partial charge on any atom is 0.320 e. The number of methoxy groups -OCH3 is 1. The molecule has 0 saturated heterocycles. The molecule has 0 bridgehead atoms. The van der Waals surface area contributed by atoms with Gasteiger partial charge in [0.1, 0.15) is 12.4 Å². The third kappa shape index (κ3) is 3.46. The van der Waals surface area contributed by atoms with Crippen molar-refractivity contribution >= 4 is 5.97 Å². The first-order valence-electron chi connectivity index (χ1n) is 5.53. The number of hydrogen-bond acceptors (Lipinski definition) is 4. The van der Waals surface area contributed by atoms with E-state index in [0.717, 1.165) is 22.4 Å². The summed E-state index contributed by atoms with van der Waals surface area (Å²) in [7, 11) is 3.36. The van der Waals surface area contributed by atoms with Gasteiger partial charge in [0.15, 0.2) is 0 Å². The number of rotatable bonds is 5. The van der Waals surface area contributed by atoms with Crippen LogP contribution in [0.15, 0.2) is 12.1 Å². The average Bonchev–Trinajstić information content (AvgIpc) is 2.31. The summed E-state index contributed by atoms with van der Waals surface area (Å²) in [5.41, 5.74) is 3.18. The van der Waals surface area contributed by atoms with Gasteiger partial charge in [0.2, 0.25) is 0 Å². The lowest BCUT2D eigenvalue weighted by Crippen LogP contribution is -2.20. The molecular formula is C13H19NO3. The standard InChI is InChI=1S/C13H19NO3/c1-9-10(2)12(16-4)6-5-11(9)8-17-13(15)7-14-3/h5-6,14H,7-8H2,1-4H3. The van der Waals surface area contributed by atoms with E-state index in [1.807, 2.05) is 26.0 Å². The number of hydrogen-bond donors (Lipinski definition) is 1. The largest absolute Gasteiger partial charge is 0.496 e. The minimum Gasteiger partial charge on any atom is -0.496 e. The topological polar surface area (TPSA) is 47.6 Å². The highest BCUT2D eigenvalue weighted by molar-refractivity contribution is 5.71. The van der Waals surface area contributed by atoms with Crippen LogP contribution >= 0.6 is 0 Å². The number of esters is 1. The first-order chi connectivity index (χ1) is 8.10. The van der Waals surface area contributed by atoms with Crippen LogP contribution in [-0.4, -0.2) is 26.7 Å². The molecule has 0 aliphatic heterocycles. The van der Waals surface area contributed by atoms with Crippen molar-refractivity contribution in [3.63, 3.8) is 0 Å². The summed E-state index contributed by atoms with van der Waals surface area (Å²) >= 11 is 0. The second kappa shape index (κ2) is 6.25. The number of ether oxygens (including phenoxy) is 2. The summed E-state index contributed by atoms with van der Waals surface area (Å²) < 4.78 is 10.4. The van der Waals surface area contributed by atoms with Crippen LogP contribution in [0.1, 0.15) is 16.7 Å². The van der Waals surface area contributed by atoms with Gasteiger partial charge in [-0.05, 0) is 43.7 Å². The zero-order valence-corrected chi connectivity index (χ0v) is 10.8. The van der Waals surface area contributed by atoms with E-state index >= 15 is 0 Å². The molecule has 0 amide bonds. The molecule has 0 heterocycles. The van der Waals surface area contributed by atoms with Crippen LogP contribution in [-0.2, 0) is 16.1 Å². The monoisotopic (exact) mass is 237 g/mol. The second-order valence-corrected chi connectivity index (χ2v) is 3.87. The summed E-state index contributed by atoms with van der Waals surface area (Å²) in [6.07, 6.45) is 0. The summed E-state index contributed by atoms with van der Waals surface area (Å²) in [5, 5.41) is 2.75. The van der Waals surface area contributed by atoms with Gasteiger partial charge < -0.3 is 14.8 Å². The third-order valence-electron chi connectivity index (χ3n) is 2.78. The minimum absolute atomic E-state index is 0.230. The van der Waals surface area contributed by atoms with E-state index in [-0.39, 0.29) is 12.5 Å². The SMILES string of the molecule is CNCC(=O)OCc1ccc(OC)c(C)c1C. The van der Waals surface area contributed by atoms with Gasteiger partial charge in [-0.25, -0.2) is 0 Å². The quantitative estimate of drug-likeness (QED) is 0.790. The van der Waals surface area contributed by atoms with Crippen molar-refractivity contribution in [3.05, 3.63) is 28.8 Å². The maximum atomic E-state index is 11.2. The molecule has 94 valence electrons. The lowest BCUT2D eigenvalue weighted by molar-refractivity contribution is -0.143. The Morgan fingerprint density at radius 1 is 1.29 bits per heavy atom. The molecule has 4 heteroatoms. The van der Waals surface area contributed by atoms with Crippen LogP contribution in [0.2, 0.25) is 0 Å². The fraction of sp³-hybridized carbons (Fsp3) is 0.462. The van der Waals surface area contributed by atoms with Crippen LogP contribution in [0.25, 0.3) is 0 Å². The molecule has 0 atom stereocenters. The Hall–Kier alpha value is -1.55. The Morgan fingerprint density at radius 3 is 2.59 bits per heavy atom. The smallest absolute Gasteiger partial charge is 0.320 e. The van der Waals surface area contributed by atoms with Crippen molar-refractivity contribution in [1.82, 2.24) is 5.32 Å². The molecule has 1 aromatic rings. The van der Waals surface area contributed by atoms with Gasteiger partial charge in [-0.1, -0.05) is 6.07 Å². The van der Waals surface area contributed by atoms with Gasteiger partial charge in [0, 0.05) is 0 Å². The minimum atomic E-state index is -0.250. The maximum absolute atomic E-state index is 11.2. The number of nitrogens with one attached hydrogen (secondary N) is 1. The molecule has 0 aliphatic rings. The lowest BCUT2D eigenvalue weighted by Gasteiger charge is -2.12. The molecule has 4 nitrogen and oxygen atoms in total. The average molecular weight is 237 g/mol. The van der Waals surface area contributed by atoms with Gasteiger partial charge in [0.25, 0.3) is 0 Å². The normalized spacial score (nSPS) is 10.1. The molecule has 0 unspecified atom stereocenters. The predicted molar refractivity (Wildman–Crippen MR) is 66.2 cm³/mol. The van der Waals surface area contributed by atoms with Gasteiger partial charge in [-0.3, -0.25) is 4.79 Å². The molecule has 0 spiro atoms. The van der Waals surface area contributed by atoms with Gasteiger partial charge in [-0.15, -0.1) is 0 Å². The fourth-order valence-corrected chi connectivity index (χ4v) is 1.58. The van der Waals surface area contributed by atoms with E-state index in [9.17, 15) is 4.79 Å². The first kappa shape index (κ1) is 13.5. The summed E-state index contributed by atoms with van der Waals surface area (Å²) in [6, 6.07) is 3.82. The van der Waals surface area contributed by atoms with Crippen LogP contribution in [0, 0.1) is 13.8 Å². The molecule has 17 heavy (non-hydrogen) atoms. The molecule has 0 aliphatic carbocycles. The molecule has 1 rings (SSSR count). The van der Waals surface area contributed by atoms with Crippen molar-refractivity contribution in [3.8, 4) is 5.75 Å². The molecule has 1 aromatic carbocycles. The lowest BCUT2D eigenvalue weighted by atomic mass is 10.0. The Labute approximate surface area is 102 Å². The van der Waals surface area contributed by atoms with E-state index in [1.165, 1.54) is 0 Å². The van der Waals surface area contributed by atoms with Crippen molar-refractivity contribution < 1.29 is 14.3 Å². The van der Waals surface area contributed by atoms with E-state index in [0.29, 0.717) is 6.61 Å². The zero-order valence-electron chi connectivity index (χ0n) is 10.8. The summed E-state index contributed by atoms with van der Waals surface area (Å²) in [4.78, 5) is 11.2. The predicted octanol–water partition coefficient (Wildman–Crippen LogP) is 1.57. The highest BCUT2D eigenvalue weighted by Crippen LogP contribution is 2.24. The fourth-order valence-electron chi connectivity index (χ4n) is 1.58. The highest BCUT2D eigenvalue weighted by Gasteiger charge is 2.08. The molecule has 0 radical (unpaired) electrons. The Morgan fingerprint density at radius 2 is 2.00 bits per heavy atom. The molecule has 0 aromatic heterocycles. The zero-order chi connectivity index (χ0) is 12.8. The highest BCUT2D eigenvalue weighted by atomic mass is 16.5. The van der Waals surface area contributed by atoms with Gasteiger partial charge in [-0.2, -0.15) is 0 Å². The summed E-state index contributed by atoms with van der Waals surface area (Å²) in [5.74, 6) is 0.605. The molecule has 0 fully saturated rings. The van der Waals surface area contributed by atoms with Crippen LogP contribution in [0.5, 0.6) is 5.75 Å². The van der Waals surface area contributed by atoms with Crippen molar-refractivity contribution in [2.45, 2.75) is 20.5 Å². The molecule has 1 N–H and O–H groups in total. The molecule has 0 saturated carbocycles.